The fourth-order valence-electron chi connectivity index (χ4n) is 1.35. The summed E-state index contributed by atoms with van der Waals surface area (Å²) in [6.07, 6.45) is 3.07. The summed E-state index contributed by atoms with van der Waals surface area (Å²) in [7, 11) is 0. The van der Waals surface area contributed by atoms with Crippen LogP contribution in [0.3, 0.4) is 0 Å². The molecule has 0 atom stereocenters. The van der Waals surface area contributed by atoms with Gasteiger partial charge in [-0.05, 0) is 18.2 Å². The van der Waals surface area contributed by atoms with Crippen molar-refractivity contribution in [3.05, 3.63) is 41.2 Å². The van der Waals surface area contributed by atoms with E-state index in [1.807, 2.05) is 0 Å². The van der Waals surface area contributed by atoms with E-state index in [1.165, 1.54) is 12.3 Å². The number of nitrogens with zero attached hydrogens (tertiary/aromatic N) is 1. The number of carbonyl (C=O) groups excluding carboxylic acids is 1. The topological polar surface area (TPSA) is 95.8 Å². The van der Waals surface area contributed by atoms with Crippen molar-refractivity contribution in [2.75, 3.05) is 10.7 Å². The monoisotopic (exact) mass is 251 g/mol. The van der Waals surface area contributed by atoms with Gasteiger partial charge in [0.2, 0.25) is 0 Å². The number of nitrogen functional groups attached to an aromatic ring is 1. The second-order valence-corrected chi connectivity index (χ2v) is 3.71. The van der Waals surface area contributed by atoms with Crippen LogP contribution >= 0.6 is 11.6 Å². The zero-order chi connectivity index (χ0) is 12.3. The quantitative estimate of drug-likeness (QED) is 0.492. The van der Waals surface area contributed by atoms with E-state index in [-0.39, 0.29) is 5.91 Å². The summed E-state index contributed by atoms with van der Waals surface area (Å²) in [4.78, 5) is 11.9. The Balaban J connectivity index is 2.26. The molecule has 0 aliphatic carbocycles. The molecule has 2 aromatic rings. The number of rotatable bonds is 3. The van der Waals surface area contributed by atoms with Crippen LogP contribution in [0, 0.1) is 0 Å². The summed E-state index contributed by atoms with van der Waals surface area (Å²) in [5.41, 5.74) is 3.87. The molecule has 88 valence electrons. The van der Waals surface area contributed by atoms with Gasteiger partial charge in [-0.3, -0.25) is 15.7 Å². The maximum Gasteiger partial charge on any atom is 0.257 e. The number of hydrogen-bond donors (Lipinski definition) is 4. The summed E-state index contributed by atoms with van der Waals surface area (Å²) in [6, 6.07) is 4.81. The van der Waals surface area contributed by atoms with Crippen molar-refractivity contribution in [3.63, 3.8) is 0 Å². The van der Waals surface area contributed by atoms with E-state index < -0.39 is 0 Å². The molecular weight excluding hydrogens is 242 g/mol. The van der Waals surface area contributed by atoms with E-state index in [0.717, 1.165) is 0 Å². The Morgan fingerprint density at radius 3 is 2.94 bits per heavy atom. The lowest BCUT2D eigenvalue weighted by Crippen LogP contribution is -2.17. The molecule has 0 unspecified atom stereocenters. The van der Waals surface area contributed by atoms with Crippen LogP contribution in [-0.2, 0) is 0 Å². The second kappa shape index (κ2) is 4.86. The van der Waals surface area contributed by atoms with Crippen LogP contribution in [0.25, 0.3) is 0 Å². The van der Waals surface area contributed by atoms with E-state index in [4.69, 9.17) is 17.4 Å². The minimum absolute atomic E-state index is 0.318. The van der Waals surface area contributed by atoms with Crippen molar-refractivity contribution in [1.82, 2.24) is 10.2 Å². The zero-order valence-electron chi connectivity index (χ0n) is 8.70. The van der Waals surface area contributed by atoms with E-state index in [2.05, 4.69) is 20.9 Å². The molecule has 2 rings (SSSR count). The molecule has 7 heteroatoms. The van der Waals surface area contributed by atoms with E-state index >= 15 is 0 Å². The molecule has 0 saturated carbocycles. The molecule has 1 amide bonds. The van der Waals surface area contributed by atoms with Gasteiger partial charge in [-0.25, -0.2) is 0 Å². The highest BCUT2D eigenvalue weighted by Crippen LogP contribution is 2.20. The number of nitrogens with two attached hydrogens (primary N) is 1. The molecule has 1 aromatic heterocycles. The average Bonchev–Trinajstić information content (AvgIpc) is 2.81. The van der Waals surface area contributed by atoms with Crippen LogP contribution in [0.1, 0.15) is 10.4 Å². The van der Waals surface area contributed by atoms with E-state index in [1.54, 1.807) is 18.3 Å². The van der Waals surface area contributed by atoms with Gasteiger partial charge in [0.05, 0.1) is 23.1 Å². The summed E-state index contributed by atoms with van der Waals surface area (Å²) < 4.78 is 0. The highest BCUT2D eigenvalue weighted by atomic mass is 35.5. The second-order valence-electron chi connectivity index (χ2n) is 3.28. The molecule has 0 radical (unpaired) electrons. The number of H-pyrrole nitrogens is 1. The Morgan fingerprint density at radius 2 is 2.29 bits per heavy atom. The molecule has 0 spiro atoms. The first kappa shape index (κ1) is 11.4. The minimum atomic E-state index is -0.318. The highest BCUT2D eigenvalue weighted by molar-refractivity contribution is 6.31. The Hall–Kier alpha value is -2.05. The number of carbonyl (C=O) groups is 1. The molecule has 0 bridgehead atoms. The van der Waals surface area contributed by atoms with Crippen molar-refractivity contribution in [3.8, 4) is 0 Å². The fraction of sp³-hybridized carbons (Fsp3) is 0. The van der Waals surface area contributed by atoms with Gasteiger partial charge in [-0.15, -0.1) is 0 Å². The number of hydrogen-bond acceptors (Lipinski definition) is 4. The Morgan fingerprint density at radius 1 is 1.47 bits per heavy atom. The third-order valence-electron chi connectivity index (χ3n) is 2.14. The summed E-state index contributed by atoms with van der Waals surface area (Å²) in [5.74, 6) is 5.00. The summed E-state index contributed by atoms with van der Waals surface area (Å²) in [6.45, 7) is 0. The number of amides is 1. The minimum Gasteiger partial charge on any atom is -0.323 e. The lowest BCUT2D eigenvalue weighted by Gasteiger charge is -2.08. The van der Waals surface area contributed by atoms with Gasteiger partial charge in [0.25, 0.3) is 5.91 Å². The molecule has 0 aliphatic heterocycles. The molecule has 17 heavy (non-hydrogen) atoms. The number of hydrazine groups is 1. The first-order valence-electron chi connectivity index (χ1n) is 4.77. The van der Waals surface area contributed by atoms with Crippen LogP contribution in [0.2, 0.25) is 5.02 Å². The standard InChI is InChI=1S/C10H10ClN5O/c11-6-1-2-9(16-12)8(3-6)10(17)15-7-4-13-14-5-7/h1-5,16H,12H2,(H,13,14)(H,15,17). The molecule has 1 heterocycles. The number of nitrogens with one attached hydrogen (secondary N) is 3. The van der Waals surface area contributed by atoms with Crippen molar-refractivity contribution < 1.29 is 4.79 Å². The molecule has 6 nitrogen and oxygen atoms in total. The third kappa shape index (κ3) is 2.55. The average molecular weight is 252 g/mol. The van der Waals surface area contributed by atoms with Crippen molar-refractivity contribution >= 4 is 28.9 Å². The van der Waals surface area contributed by atoms with E-state index in [9.17, 15) is 4.79 Å². The van der Waals surface area contributed by atoms with Crippen molar-refractivity contribution in [2.24, 2.45) is 5.84 Å². The number of benzene rings is 1. The van der Waals surface area contributed by atoms with Gasteiger partial charge in [0.1, 0.15) is 0 Å². The van der Waals surface area contributed by atoms with Crippen molar-refractivity contribution in [1.29, 1.82) is 0 Å². The van der Waals surface area contributed by atoms with Gasteiger partial charge < -0.3 is 10.7 Å². The van der Waals surface area contributed by atoms with E-state index in [0.29, 0.717) is 22.0 Å². The van der Waals surface area contributed by atoms with Gasteiger partial charge >= 0.3 is 0 Å². The molecule has 1 aromatic carbocycles. The van der Waals surface area contributed by atoms with Crippen LogP contribution < -0.4 is 16.6 Å². The van der Waals surface area contributed by atoms with Crippen LogP contribution in [0.4, 0.5) is 11.4 Å². The number of aromatic amines is 1. The zero-order valence-corrected chi connectivity index (χ0v) is 9.45. The first-order chi connectivity index (χ1) is 8.20. The summed E-state index contributed by atoms with van der Waals surface area (Å²) in [5, 5.41) is 9.43. The Bertz CT molecular complexity index is 525. The van der Waals surface area contributed by atoms with Crippen LogP contribution in [0.15, 0.2) is 30.6 Å². The summed E-state index contributed by atoms with van der Waals surface area (Å²) >= 11 is 5.83. The molecule has 0 saturated heterocycles. The van der Waals surface area contributed by atoms with Crippen LogP contribution in [0.5, 0.6) is 0 Å². The predicted octanol–water partition coefficient (Wildman–Crippen LogP) is 1.60. The van der Waals surface area contributed by atoms with Gasteiger partial charge in [-0.2, -0.15) is 5.10 Å². The maximum absolute atomic E-state index is 11.9. The van der Waals surface area contributed by atoms with Gasteiger partial charge in [-0.1, -0.05) is 11.6 Å². The fourth-order valence-corrected chi connectivity index (χ4v) is 1.52. The molecule has 0 aliphatic rings. The largest absolute Gasteiger partial charge is 0.323 e. The van der Waals surface area contributed by atoms with Crippen LogP contribution in [-0.4, -0.2) is 16.1 Å². The Kier molecular flexibility index (Phi) is 3.27. The highest BCUT2D eigenvalue weighted by Gasteiger charge is 2.12. The van der Waals surface area contributed by atoms with Gasteiger partial charge in [0, 0.05) is 11.2 Å². The predicted molar refractivity (Wildman–Crippen MR) is 65.8 cm³/mol. The van der Waals surface area contributed by atoms with Gasteiger partial charge in [0.15, 0.2) is 0 Å². The Labute approximate surface area is 102 Å². The molecular formula is C10H10ClN5O. The molecule has 0 fully saturated rings. The normalized spacial score (nSPS) is 10.0. The molecule has 5 N–H and O–H groups in total. The maximum atomic E-state index is 11.9. The van der Waals surface area contributed by atoms with Crippen molar-refractivity contribution in [2.45, 2.75) is 0 Å². The SMILES string of the molecule is NNc1ccc(Cl)cc1C(=O)Nc1cn[nH]c1. The number of halogens is 1. The lowest BCUT2D eigenvalue weighted by molar-refractivity contribution is 0.102. The lowest BCUT2D eigenvalue weighted by atomic mass is 10.1. The number of aromatic nitrogens is 2. The first-order valence-corrected chi connectivity index (χ1v) is 5.15. The number of anilines is 2. The smallest absolute Gasteiger partial charge is 0.257 e. The third-order valence-corrected chi connectivity index (χ3v) is 2.37.